The van der Waals surface area contributed by atoms with E-state index >= 15 is 0 Å². The molecular weight excluding hydrogens is 248 g/mol. The molecule has 2 heterocycles. The number of aromatic nitrogens is 2. The van der Waals surface area contributed by atoms with Crippen molar-refractivity contribution in [2.24, 2.45) is 0 Å². The molecule has 1 fully saturated rings. The minimum atomic E-state index is 0.716. The molecule has 20 heavy (non-hydrogen) atoms. The third-order valence-electron chi connectivity index (χ3n) is 3.47. The van der Waals surface area contributed by atoms with Crippen molar-refractivity contribution in [2.45, 2.75) is 32.0 Å². The second-order valence-corrected chi connectivity index (χ2v) is 5.36. The fourth-order valence-electron chi connectivity index (χ4n) is 2.16. The molecule has 3 rings (SSSR count). The van der Waals surface area contributed by atoms with Crippen LogP contribution in [0.2, 0.25) is 0 Å². The van der Waals surface area contributed by atoms with Crippen molar-refractivity contribution < 1.29 is 0 Å². The van der Waals surface area contributed by atoms with Gasteiger partial charge in [-0.25, -0.2) is 4.98 Å². The lowest BCUT2D eigenvalue weighted by Gasteiger charge is -2.18. The van der Waals surface area contributed by atoms with Crippen LogP contribution in [0.5, 0.6) is 0 Å². The van der Waals surface area contributed by atoms with Gasteiger partial charge in [-0.3, -0.25) is 4.98 Å². The predicted octanol–water partition coefficient (Wildman–Crippen LogP) is 2.37. The Labute approximate surface area is 119 Å². The molecule has 0 atom stereocenters. The van der Waals surface area contributed by atoms with Crippen molar-refractivity contribution in [3.8, 4) is 0 Å². The standard InChI is InChI=1S/C16H20N4/c1-20(12-13-4-3-9-17-10-13)16-6-2-5-15(19-16)11-18-14-7-8-14/h2-6,9-10,14,18H,7-8,11-12H2,1H3. The minimum Gasteiger partial charge on any atom is -0.355 e. The van der Waals surface area contributed by atoms with Gasteiger partial charge >= 0.3 is 0 Å². The third kappa shape index (κ3) is 3.54. The molecule has 1 aliphatic rings. The topological polar surface area (TPSA) is 41.1 Å². The maximum absolute atomic E-state index is 4.71. The van der Waals surface area contributed by atoms with Crippen LogP contribution in [0.15, 0.2) is 42.7 Å². The van der Waals surface area contributed by atoms with Crippen molar-refractivity contribution in [1.29, 1.82) is 0 Å². The summed E-state index contributed by atoms with van der Waals surface area (Å²) < 4.78 is 0. The molecule has 1 aliphatic carbocycles. The maximum atomic E-state index is 4.71. The van der Waals surface area contributed by atoms with Crippen molar-refractivity contribution in [3.63, 3.8) is 0 Å². The van der Waals surface area contributed by atoms with Gasteiger partial charge < -0.3 is 10.2 Å². The molecule has 4 nitrogen and oxygen atoms in total. The first-order chi connectivity index (χ1) is 9.81. The monoisotopic (exact) mass is 268 g/mol. The molecule has 0 amide bonds. The maximum Gasteiger partial charge on any atom is 0.128 e. The van der Waals surface area contributed by atoms with Crippen LogP contribution >= 0.6 is 0 Å². The average molecular weight is 268 g/mol. The first kappa shape index (κ1) is 13.1. The Morgan fingerprint density at radius 3 is 2.90 bits per heavy atom. The normalized spacial score (nSPS) is 14.2. The molecule has 0 aromatic carbocycles. The van der Waals surface area contributed by atoms with Crippen molar-refractivity contribution in [3.05, 3.63) is 54.0 Å². The lowest BCUT2D eigenvalue weighted by atomic mass is 10.2. The fraction of sp³-hybridized carbons (Fsp3) is 0.375. The second-order valence-electron chi connectivity index (χ2n) is 5.36. The lowest BCUT2D eigenvalue weighted by Crippen LogP contribution is -2.20. The molecule has 1 saturated carbocycles. The van der Waals surface area contributed by atoms with E-state index in [9.17, 15) is 0 Å². The minimum absolute atomic E-state index is 0.716. The first-order valence-electron chi connectivity index (χ1n) is 7.10. The van der Waals surface area contributed by atoms with E-state index in [1.165, 1.54) is 18.4 Å². The fourth-order valence-corrected chi connectivity index (χ4v) is 2.16. The van der Waals surface area contributed by atoms with E-state index in [1.807, 2.05) is 12.3 Å². The summed E-state index contributed by atoms with van der Waals surface area (Å²) in [7, 11) is 2.06. The van der Waals surface area contributed by atoms with Gasteiger partial charge in [-0.2, -0.15) is 0 Å². The molecular formula is C16H20N4. The molecule has 4 heteroatoms. The molecule has 0 aliphatic heterocycles. The molecule has 0 bridgehead atoms. The molecule has 2 aromatic rings. The van der Waals surface area contributed by atoms with Gasteiger partial charge in [0.15, 0.2) is 0 Å². The Balaban J connectivity index is 1.64. The van der Waals surface area contributed by atoms with Crippen molar-refractivity contribution in [2.75, 3.05) is 11.9 Å². The summed E-state index contributed by atoms with van der Waals surface area (Å²) in [5.41, 5.74) is 2.30. The summed E-state index contributed by atoms with van der Waals surface area (Å²) in [5.74, 6) is 1.00. The van der Waals surface area contributed by atoms with Gasteiger partial charge in [0.2, 0.25) is 0 Å². The molecule has 0 radical (unpaired) electrons. The van der Waals surface area contributed by atoms with E-state index in [0.717, 1.165) is 24.6 Å². The highest BCUT2D eigenvalue weighted by molar-refractivity contribution is 5.39. The molecule has 0 spiro atoms. The zero-order chi connectivity index (χ0) is 13.8. The smallest absolute Gasteiger partial charge is 0.128 e. The number of pyridine rings is 2. The summed E-state index contributed by atoms with van der Waals surface area (Å²) in [6.07, 6.45) is 6.31. The molecule has 0 unspecified atom stereocenters. The van der Waals surface area contributed by atoms with Crippen LogP contribution < -0.4 is 10.2 Å². The van der Waals surface area contributed by atoms with E-state index in [1.54, 1.807) is 6.20 Å². The summed E-state index contributed by atoms with van der Waals surface area (Å²) in [5, 5.41) is 3.50. The number of rotatable bonds is 6. The van der Waals surface area contributed by atoms with Crippen LogP contribution in [0.3, 0.4) is 0 Å². The highest BCUT2D eigenvalue weighted by atomic mass is 15.2. The van der Waals surface area contributed by atoms with Gasteiger partial charge in [0.25, 0.3) is 0 Å². The van der Waals surface area contributed by atoms with E-state index in [0.29, 0.717) is 6.04 Å². The summed E-state index contributed by atoms with van der Waals surface area (Å²) in [6.45, 7) is 1.68. The third-order valence-corrected chi connectivity index (χ3v) is 3.47. The van der Waals surface area contributed by atoms with Gasteiger partial charge in [-0.15, -0.1) is 0 Å². The summed E-state index contributed by atoms with van der Waals surface area (Å²) in [6, 6.07) is 11.0. The SMILES string of the molecule is CN(Cc1cccnc1)c1cccc(CNC2CC2)n1. The van der Waals surface area contributed by atoms with E-state index in [4.69, 9.17) is 4.98 Å². The number of anilines is 1. The van der Waals surface area contributed by atoms with Crippen LogP contribution in [-0.2, 0) is 13.1 Å². The van der Waals surface area contributed by atoms with Crippen molar-refractivity contribution in [1.82, 2.24) is 15.3 Å². The first-order valence-corrected chi connectivity index (χ1v) is 7.10. The van der Waals surface area contributed by atoms with Crippen LogP contribution in [0.1, 0.15) is 24.1 Å². The Morgan fingerprint density at radius 1 is 1.25 bits per heavy atom. The molecule has 2 aromatic heterocycles. The largest absolute Gasteiger partial charge is 0.355 e. The zero-order valence-corrected chi connectivity index (χ0v) is 11.8. The van der Waals surface area contributed by atoms with Crippen LogP contribution in [0.25, 0.3) is 0 Å². The van der Waals surface area contributed by atoms with Crippen molar-refractivity contribution >= 4 is 5.82 Å². The number of nitrogens with one attached hydrogen (secondary N) is 1. The van der Waals surface area contributed by atoms with Gasteiger partial charge in [0, 0.05) is 38.6 Å². The van der Waals surface area contributed by atoms with E-state index in [2.05, 4.69) is 46.5 Å². The van der Waals surface area contributed by atoms with E-state index < -0.39 is 0 Å². The van der Waals surface area contributed by atoms with E-state index in [-0.39, 0.29) is 0 Å². The summed E-state index contributed by atoms with van der Waals surface area (Å²) in [4.78, 5) is 11.0. The quantitative estimate of drug-likeness (QED) is 0.873. The second kappa shape index (κ2) is 6.01. The molecule has 1 N–H and O–H groups in total. The number of hydrogen-bond donors (Lipinski definition) is 1. The molecule has 0 saturated heterocycles. The van der Waals surface area contributed by atoms with Gasteiger partial charge in [-0.05, 0) is 36.6 Å². The average Bonchev–Trinajstić information content (AvgIpc) is 3.31. The van der Waals surface area contributed by atoms with Gasteiger partial charge in [0.1, 0.15) is 5.82 Å². The Hall–Kier alpha value is -1.94. The molecule has 104 valence electrons. The Kier molecular flexibility index (Phi) is 3.92. The number of nitrogens with zero attached hydrogens (tertiary/aromatic N) is 3. The van der Waals surface area contributed by atoms with Crippen LogP contribution in [0.4, 0.5) is 5.82 Å². The van der Waals surface area contributed by atoms with Crippen LogP contribution in [0, 0.1) is 0 Å². The predicted molar refractivity (Wildman–Crippen MR) is 80.4 cm³/mol. The lowest BCUT2D eigenvalue weighted by molar-refractivity contribution is 0.673. The Morgan fingerprint density at radius 2 is 2.15 bits per heavy atom. The number of hydrogen-bond acceptors (Lipinski definition) is 4. The van der Waals surface area contributed by atoms with Gasteiger partial charge in [-0.1, -0.05) is 12.1 Å². The zero-order valence-electron chi connectivity index (χ0n) is 11.8. The van der Waals surface area contributed by atoms with Crippen LogP contribution in [-0.4, -0.2) is 23.1 Å². The Bertz CT molecular complexity index is 551. The van der Waals surface area contributed by atoms with Gasteiger partial charge in [0.05, 0.1) is 5.69 Å². The summed E-state index contributed by atoms with van der Waals surface area (Å²) >= 11 is 0. The highest BCUT2D eigenvalue weighted by Crippen LogP contribution is 2.19. The highest BCUT2D eigenvalue weighted by Gasteiger charge is 2.20.